The maximum absolute atomic E-state index is 12.7. The summed E-state index contributed by atoms with van der Waals surface area (Å²) in [7, 11) is 4.10. The van der Waals surface area contributed by atoms with Crippen LogP contribution in [-0.4, -0.2) is 54.4 Å². The van der Waals surface area contributed by atoms with Crippen molar-refractivity contribution in [3.63, 3.8) is 0 Å². The third-order valence-corrected chi connectivity index (χ3v) is 6.84. The quantitative estimate of drug-likeness (QED) is 0.513. The Balaban J connectivity index is 2.21. The number of hydrogen-bond acceptors (Lipinski definition) is 5. The monoisotopic (exact) mass is 524 g/mol. The van der Waals surface area contributed by atoms with Gasteiger partial charge in [-0.15, -0.1) is 11.3 Å². The van der Waals surface area contributed by atoms with E-state index in [-0.39, 0.29) is 23.9 Å². The number of carbonyl (C=O) groups excluding carboxylic acids is 2. The molecule has 1 aromatic heterocycles. The number of nitrogens with one attached hydrogen (secondary N) is 2. The first kappa shape index (κ1) is 30.5. The average molecular weight is 525 g/mol. The van der Waals surface area contributed by atoms with Crippen molar-refractivity contribution in [1.29, 1.82) is 0 Å². The molecule has 7 heteroatoms. The van der Waals surface area contributed by atoms with Gasteiger partial charge in [-0.2, -0.15) is 0 Å². The number of thiazole rings is 1. The Morgan fingerprint density at radius 1 is 1.11 bits per heavy atom. The van der Waals surface area contributed by atoms with Crippen molar-refractivity contribution in [2.24, 2.45) is 0 Å². The van der Waals surface area contributed by atoms with E-state index in [0.717, 1.165) is 54.1 Å². The molecule has 2 atom stereocenters. The van der Waals surface area contributed by atoms with E-state index in [0.29, 0.717) is 12.8 Å². The maximum atomic E-state index is 12.7. The Hall–Kier alpha value is -2.77. The summed E-state index contributed by atoms with van der Waals surface area (Å²) >= 11 is 1.63. The van der Waals surface area contributed by atoms with Gasteiger partial charge in [-0.1, -0.05) is 53.2 Å². The molecule has 1 aromatic rings. The van der Waals surface area contributed by atoms with E-state index in [1.165, 1.54) is 5.57 Å². The van der Waals surface area contributed by atoms with Gasteiger partial charge in [0.25, 0.3) is 0 Å². The number of rotatable bonds is 5. The number of amides is 2. The maximum Gasteiger partial charge on any atom is 0.244 e. The lowest BCUT2D eigenvalue weighted by Gasteiger charge is -2.14. The fourth-order valence-corrected chi connectivity index (χ4v) is 4.89. The SMILES string of the molecule is CC(/C=C/C(C)=C/[C@@H]1Cc2nc(cs2)CCCCC(=O)N[C@@H](C)C/C(C)=C/C=C\C(=O)N1)=C\CN(C)C. The Morgan fingerprint density at radius 2 is 1.84 bits per heavy atom. The molecule has 2 amide bonds. The molecule has 2 heterocycles. The fraction of sp³-hybridized carbons (Fsp3) is 0.500. The van der Waals surface area contributed by atoms with Crippen LogP contribution in [0.25, 0.3) is 0 Å². The number of likely N-dealkylation sites (N-methyl/N-ethyl adjacent to an activating group) is 1. The number of hydrogen-bond donors (Lipinski definition) is 2. The number of allylic oxidation sites excluding steroid dienone is 6. The normalized spacial score (nSPS) is 24.0. The zero-order chi connectivity index (χ0) is 27.2. The molecule has 1 aliphatic heterocycles. The minimum Gasteiger partial charge on any atom is -0.353 e. The van der Waals surface area contributed by atoms with Crippen molar-refractivity contribution in [3.8, 4) is 0 Å². The predicted octanol–water partition coefficient (Wildman–Crippen LogP) is 5.30. The van der Waals surface area contributed by atoms with Crippen LogP contribution in [0.4, 0.5) is 0 Å². The molecule has 2 N–H and O–H groups in total. The number of nitrogens with zero attached hydrogens (tertiary/aromatic N) is 2. The van der Waals surface area contributed by atoms with Gasteiger partial charge in [-0.3, -0.25) is 9.59 Å². The lowest BCUT2D eigenvalue weighted by molar-refractivity contribution is -0.121. The van der Waals surface area contributed by atoms with Crippen LogP contribution < -0.4 is 10.6 Å². The van der Waals surface area contributed by atoms with Gasteiger partial charge in [0.15, 0.2) is 0 Å². The van der Waals surface area contributed by atoms with E-state index < -0.39 is 0 Å². The molecule has 1 aliphatic rings. The van der Waals surface area contributed by atoms with E-state index in [1.54, 1.807) is 23.5 Å². The highest BCUT2D eigenvalue weighted by Gasteiger charge is 2.13. The average Bonchev–Trinajstić information content (AvgIpc) is 3.25. The molecule has 6 nitrogen and oxygen atoms in total. The molecule has 0 fully saturated rings. The predicted molar refractivity (Wildman–Crippen MR) is 156 cm³/mol. The highest BCUT2D eigenvalue weighted by atomic mass is 32.1. The minimum atomic E-state index is -0.166. The van der Waals surface area contributed by atoms with Crippen molar-refractivity contribution in [2.75, 3.05) is 20.6 Å². The molecule has 202 valence electrons. The summed E-state index contributed by atoms with van der Waals surface area (Å²) in [6.45, 7) is 9.08. The fourth-order valence-electron chi connectivity index (χ4n) is 4.00. The molecule has 0 spiro atoms. The smallest absolute Gasteiger partial charge is 0.244 e. The van der Waals surface area contributed by atoms with E-state index in [2.05, 4.69) is 73.2 Å². The Kier molecular flexibility index (Phi) is 13.3. The highest BCUT2D eigenvalue weighted by molar-refractivity contribution is 7.09. The molecule has 0 saturated heterocycles. The zero-order valence-corrected chi connectivity index (χ0v) is 24.2. The Bertz CT molecular complexity index is 1050. The molecule has 0 aliphatic carbocycles. The first-order valence-corrected chi connectivity index (χ1v) is 14.0. The summed E-state index contributed by atoms with van der Waals surface area (Å²) in [5.41, 5.74) is 4.45. The van der Waals surface area contributed by atoms with Gasteiger partial charge in [0, 0.05) is 36.9 Å². The zero-order valence-electron chi connectivity index (χ0n) is 23.3. The van der Waals surface area contributed by atoms with Crippen LogP contribution in [-0.2, 0) is 22.4 Å². The third kappa shape index (κ3) is 13.4. The van der Waals surface area contributed by atoms with Crippen molar-refractivity contribution < 1.29 is 9.59 Å². The van der Waals surface area contributed by atoms with Crippen molar-refractivity contribution in [1.82, 2.24) is 20.5 Å². The van der Waals surface area contributed by atoms with Crippen LogP contribution in [0, 0.1) is 0 Å². The van der Waals surface area contributed by atoms with Crippen molar-refractivity contribution in [3.05, 3.63) is 75.3 Å². The second-order valence-corrected chi connectivity index (χ2v) is 11.2. The molecule has 2 bridgehead atoms. The minimum absolute atomic E-state index is 0.0565. The summed E-state index contributed by atoms with van der Waals surface area (Å²) < 4.78 is 0. The second-order valence-electron chi connectivity index (χ2n) is 10.3. The van der Waals surface area contributed by atoms with Crippen LogP contribution in [0.15, 0.2) is 64.6 Å². The summed E-state index contributed by atoms with van der Waals surface area (Å²) in [5.74, 6) is -0.0466. The van der Waals surface area contributed by atoms with Gasteiger partial charge in [0.2, 0.25) is 11.8 Å². The van der Waals surface area contributed by atoms with Crippen LogP contribution in [0.2, 0.25) is 0 Å². The standard InChI is InChI=1S/C30H44N4O2S/c1-22(16-17-34(5)6)14-15-24(3)19-27-20-30-33-26(21-37-30)11-7-8-12-28(35)31-25(4)18-23(2)10-9-13-29(36)32-27/h9-10,13-16,19,21,25,27H,7-8,11-12,17-18,20H2,1-6H3,(H,31,35)(H,32,36)/b13-9-,15-14+,22-16+,23-10+,24-19+/t25-,27+/m0/s1. The van der Waals surface area contributed by atoms with Crippen LogP contribution in [0.3, 0.4) is 0 Å². The van der Waals surface area contributed by atoms with Gasteiger partial charge in [-0.25, -0.2) is 4.98 Å². The number of carbonyl (C=O) groups is 2. The van der Waals surface area contributed by atoms with E-state index in [4.69, 9.17) is 4.98 Å². The largest absolute Gasteiger partial charge is 0.353 e. The Morgan fingerprint density at radius 3 is 2.59 bits per heavy atom. The van der Waals surface area contributed by atoms with Crippen LogP contribution in [0.5, 0.6) is 0 Å². The van der Waals surface area contributed by atoms with E-state index >= 15 is 0 Å². The number of aryl methyl sites for hydroxylation is 1. The summed E-state index contributed by atoms with van der Waals surface area (Å²) in [5, 5.41) is 9.31. The molecular formula is C30H44N4O2S. The molecule has 0 saturated carbocycles. The van der Waals surface area contributed by atoms with Crippen molar-refractivity contribution in [2.45, 2.75) is 78.3 Å². The van der Waals surface area contributed by atoms with Crippen LogP contribution in [0.1, 0.15) is 64.1 Å². The topological polar surface area (TPSA) is 74.3 Å². The summed E-state index contributed by atoms with van der Waals surface area (Å²) in [6.07, 6.45) is 18.3. The van der Waals surface area contributed by atoms with E-state index in [1.807, 2.05) is 19.9 Å². The van der Waals surface area contributed by atoms with Crippen molar-refractivity contribution >= 4 is 23.2 Å². The second kappa shape index (κ2) is 16.2. The molecule has 37 heavy (non-hydrogen) atoms. The summed E-state index contributed by atoms with van der Waals surface area (Å²) in [6, 6.07) is -0.109. The van der Waals surface area contributed by atoms with Gasteiger partial charge in [0.05, 0.1) is 16.7 Å². The number of aromatic nitrogens is 1. The van der Waals surface area contributed by atoms with Gasteiger partial charge in [0.1, 0.15) is 0 Å². The number of fused-ring (bicyclic) bond motifs is 2. The van der Waals surface area contributed by atoms with Crippen LogP contribution >= 0.6 is 11.3 Å². The Labute approximate surface area is 227 Å². The summed E-state index contributed by atoms with van der Waals surface area (Å²) in [4.78, 5) is 31.9. The first-order chi connectivity index (χ1) is 17.6. The molecular weight excluding hydrogens is 480 g/mol. The van der Waals surface area contributed by atoms with Gasteiger partial charge < -0.3 is 15.5 Å². The van der Waals surface area contributed by atoms with Gasteiger partial charge >= 0.3 is 0 Å². The first-order valence-electron chi connectivity index (χ1n) is 13.2. The van der Waals surface area contributed by atoms with Gasteiger partial charge in [-0.05, 0) is 67.5 Å². The van der Waals surface area contributed by atoms with E-state index in [9.17, 15) is 9.59 Å². The third-order valence-electron chi connectivity index (χ3n) is 5.92. The molecule has 2 rings (SSSR count). The highest BCUT2D eigenvalue weighted by Crippen LogP contribution is 2.16. The molecule has 0 radical (unpaired) electrons. The molecule has 0 unspecified atom stereocenters. The lowest BCUT2D eigenvalue weighted by atomic mass is 10.1. The lowest BCUT2D eigenvalue weighted by Crippen LogP contribution is -2.34. The molecule has 0 aromatic carbocycles.